The minimum atomic E-state index is -0.219. The first-order chi connectivity index (χ1) is 15.9. The molecule has 1 amide bonds. The molecule has 2 aliphatic rings. The molecule has 1 atom stereocenters. The lowest BCUT2D eigenvalue weighted by atomic mass is 10.0. The number of carbonyl (C=O) groups is 2. The molecule has 2 fully saturated rings. The van der Waals surface area contributed by atoms with Gasteiger partial charge in [0.05, 0.1) is 20.2 Å². The fourth-order valence-corrected chi connectivity index (χ4v) is 5.62. The predicted molar refractivity (Wildman–Crippen MR) is 128 cm³/mol. The van der Waals surface area contributed by atoms with E-state index in [1.165, 1.54) is 0 Å². The number of anilines is 1. The van der Waals surface area contributed by atoms with Gasteiger partial charge >= 0.3 is 5.97 Å². The van der Waals surface area contributed by atoms with Gasteiger partial charge in [-0.1, -0.05) is 30.3 Å². The highest BCUT2D eigenvalue weighted by Crippen LogP contribution is 2.36. The van der Waals surface area contributed by atoms with Crippen molar-refractivity contribution in [1.29, 1.82) is 0 Å². The van der Waals surface area contributed by atoms with Crippen LogP contribution in [-0.2, 0) is 20.9 Å². The van der Waals surface area contributed by atoms with E-state index < -0.39 is 0 Å². The second kappa shape index (κ2) is 9.96. The molecule has 176 valence electrons. The van der Waals surface area contributed by atoms with E-state index in [0.717, 1.165) is 66.9 Å². The maximum atomic E-state index is 13.8. The summed E-state index contributed by atoms with van der Waals surface area (Å²) in [6, 6.07) is 13.5. The van der Waals surface area contributed by atoms with Crippen LogP contribution >= 0.6 is 0 Å². The van der Waals surface area contributed by atoms with E-state index in [1.54, 1.807) is 7.11 Å². The van der Waals surface area contributed by atoms with Crippen LogP contribution in [0.2, 0.25) is 0 Å². The Morgan fingerprint density at radius 1 is 1.06 bits per heavy atom. The summed E-state index contributed by atoms with van der Waals surface area (Å²) >= 11 is 0. The lowest BCUT2D eigenvalue weighted by Gasteiger charge is -2.44. The first kappa shape index (κ1) is 23.3. The van der Waals surface area contributed by atoms with Gasteiger partial charge in [0, 0.05) is 18.7 Å². The van der Waals surface area contributed by atoms with Crippen molar-refractivity contribution >= 4 is 17.6 Å². The number of carbonyl (C=O) groups excluding carboxylic acids is 2. The van der Waals surface area contributed by atoms with Gasteiger partial charge in [0.25, 0.3) is 5.91 Å². The summed E-state index contributed by atoms with van der Waals surface area (Å²) < 4.78 is 11.6. The van der Waals surface area contributed by atoms with Crippen molar-refractivity contribution < 1.29 is 23.5 Å². The Bertz CT molecular complexity index is 975. The van der Waals surface area contributed by atoms with Gasteiger partial charge in [0.1, 0.15) is 12.4 Å². The number of amides is 1. The Balaban J connectivity index is 1.52. The topological polar surface area (TPSA) is 55.8 Å². The molecule has 1 unspecified atom stereocenters. The number of hydrogen-bond donors (Lipinski definition) is 0. The van der Waals surface area contributed by atoms with Crippen LogP contribution in [0.25, 0.3) is 0 Å². The molecular weight excluding hydrogens is 416 g/mol. The van der Waals surface area contributed by atoms with Crippen LogP contribution in [0.3, 0.4) is 0 Å². The van der Waals surface area contributed by atoms with Gasteiger partial charge in [-0.15, -0.1) is 0 Å². The number of piperidine rings is 1. The van der Waals surface area contributed by atoms with Crippen molar-refractivity contribution in [3.8, 4) is 5.75 Å². The Hall–Kier alpha value is -2.86. The molecule has 2 saturated heterocycles. The quantitative estimate of drug-likeness (QED) is 0.469. The lowest BCUT2D eigenvalue weighted by molar-refractivity contribution is -0.939. The molecule has 4 rings (SSSR count). The summed E-state index contributed by atoms with van der Waals surface area (Å²) in [4.78, 5) is 28.6. The van der Waals surface area contributed by atoms with E-state index in [4.69, 9.17) is 9.47 Å². The van der Waals surface area contributed by atoms with Gasteiger partial charge in [-0.3, -0.25) is 4.79 Å². The number of aryl methyl sites for hydroxylation is 2. The fourth-order valence-electron chi connectivity index (χ4n) is 5.62. The van der Waals surface area contributed by atoms with Crippen molar-refractivity contribution in [2.45, 2.75) is 52.2 Å². The van der Waals surface area contributed by atoms with Crippen molar-refractivity contribution in [2.75, 3.05) is 38.2 Å². The standard InChI is InChI=1S/C27H35N2O4/c1-20-16-23(32-3)17-21(2)26(20)28-13-12-24(27(28)31)29(14-8-5-9-15-29)18-25(30)33-19-22-10-6-4-7-11-22/h4,6-7,10-11,16-17,24H,5,8-9,12-15,18-19H2,1-3H3/q+1. The first-order valence-electron chi connectivity index (χ1n) is 12.0. The summed E-state index contributed by atoms with van der Waals surface area (Å²) in [6.45, 7) is 6.97. The number of quaternary nitrogens is 1. The smallest absolute Gasteiger partial charge is 0.362 e. The van der Waals surface area contributed by atoms with Gasteiger partial charge < -0.3 is 18.9 Å². The molecule has 0 spiro atoms. The monoisotopic (exact) mass is 451 g/mol. The summed E-state index contributed by atoms with van der Waals surface area (Å²) in [7, 11) is 1.66. The molecule has 0 saturated carbocycles. The predicted octanol–water partition coefficient (Wildman–Crippen LogP) is 4.16. The van der Waals surface area contributed by atoms with E-state index in [1.807, 2.05) is 61.2 Å². The van der Waals surface area contributed by atoms with Crippen LogP contribution in [0.5, 0.6) is 5.75 Å². The minimum absolute atomic E-state index is 0.129. The number of likely N-dealkylation sites (tertiary alicyclic amines) is 1. The van der Waals surface area contributed by atoms with E-state index in [9.17, 15) is 9.59 Å². The molecular formula is C27H35N2O4+. The number of hydrogen-bond acceptors (Lipinski definition) is 4. The van der Waals surface area contributed by atoms with E-state index >= 15 is 0 Å². The Morgan fingerprint density at radius 2 is 1.73 bits per heavy atom. The maximum Gasteiger partial charge on any atom is 0.362 e. The van der Waals surface area contributed by atoms with Gasteiger partial charge in [-0.2, -0.15) is 0 Å². The third-order valence-electron chi connectivity index (χ3n) is 7.20. The zero-order valence-corrected chi connectivity index (χ0v) is 20.0. The molecule has 0 radical (unpaired) electrons. The molecule has 6 heteroatoms. The lowest BCUT2D eigenvalue weighted by Crippen LogP contribution is -2.62. The van der Waals surface area contributed by atoms with Crippen LogP contribution in [0.4, 0.5) is 5.69 Å². The first-order valence-corrected chi connectivity index (χ1v) is 12.0. The highest BCUT2D eigenvalue weighted by atomic mass is 16.5. The molecule has 33 heavy (non-hydrogen) atoms. The zero-order valence-electron chi connectivity index (χ0n) is 20.0. The van der Waals surface area contributed by atoms with Gasteiger partial charge in [-0.05, 0) is 61.9 Å². The summed E-state index contributed by atoms with van der Waals surface area (Å²) in [5.41, 5.74) is 4.02. The van der Waals surface area contributed by atoms with Crippen LogP contribution in [0.15, 0.2) is 42.5 Å². The summed E-state index contributed by atoms with van der Waals surface area (Å²) in [5.74, 6) is 0.713. The molecule has 2 aromatic carbocycles. The van der Waals surface area contributed by atoms with Crippen molar-refractivity contribution in [1.82, 2.24) is 0 Å². The number of methoxy groups -OCH3 is 1. The highest BCUT2D eigenvalue weighted by Gasteiger charge is 2.50. The second-order valence-corrected chi connectivity index (χ2v) is 9.43. The van der Waals surface area contributed by atoms with E-state index in [0.29, 0.717) is 11.0 Å². The van der Waals surface area contributed by atoms with Gasteiger partial charge in [0.2, 0.25) is 0 Å². The molecule has 0 bridgehead atoms. The van der Waals surface area contributed by atoms with Crippen LogP contribution in [0, 0.1) is 13.8 Å². The molecule has 0 N–H and O–H groups in total. The minimum Gasteiger partial charge on any atom is -0.497 e. The molecule has 2 aromatic rings. The number of benzene rings is 2. The van der Waals surface area contributed by atoms with Crippen molar-refractivity contribution in [3.63, 3.8) is 0 Å². The fraction of sp³-hybridized carbons (Fsp3) is 0.481. The number of rotatable bonds is 7. The average molecular weight is 452 g/mol. The van der Waals surface area contributed by atoms with Crippen LogP contribution in [-0.4, -0.2) is 55.7 Å². The number of nitrogens with zero attached hydrogens (tertiary/aromatic N) is 2. The third-order valence-corrected chi connectivity index (χ3v) is 7.20. The SMILES string of the molecule is COc1cc(C)c(N2CCC([N+]3(CC(=O)OCc4ccccc4)CCCCC3)C2=O)c(C)c1. The molecule has 6 nitrogen and oxygen atoms in total. The van der Waals surface area contributed by atoms with Crippen LogP contribution in [0.1, 0.15) is 42.4 Å². The zero-order chi connectivity index (χ0) is 23.4. The van der Waals surface area contributed by atoms with E-state index in [-0.39, 0.29) is 31.1 Å². The second-order valence-electron chi connectivity index (χ2n) is 9.43. The Morgan fingerprint density at radius 3 is 2.36 bits per heavy atom. The Labute approximate surface area is 196 Å². The van der Waals surface area contributed by atoms with Crippen molar-refractivity contribution in [3.05, 3.63) is 59.2 Å². The normalized spacial score (nSPS) is 20.0. The average Bonchev–Trinajstić information content (AvgIpc) is 3.20. The molecule has 2 aliphatic heterocycles. The van der Waals surface area contributed by atoms with Gasteiger partial charge in [0.15, 0.2) is 12.6 Å². The maximum absolute atomic E-state index is 13.8. The van der Waals surface area contributed by atoms with Crippen LogP contribution < -0.4 is 9.64 Å². The van der Waals surface area contributed by atoms with Crippen molar-refractivity contribution in [2.24, 2.45) is 0 Å². The summed E-state index contributed by atoms with van der Waals surface area (Å²) in [5, 5.41) is 0. The summed E-state index contributed by atoms with van der Waals surface area (Å²) in [6.07, 6.45) is 3.99. The molecule has 0 aliphatic carbocycles. The molecule has 0 aromatic heterocycles. The molecule has 2 heterocycles. The number of esters is 1. The highest BCUT2D eigenvalue weighted by molar-refractivity contribution is 6.00. The largest absolute Gasteiger partial charge is 0.497 e. The number of ether oxygens (including phenoxy) is 2. The van der Waals surface area contributed by atoms with E-state index in [2.05, 4.69) is 0 Å². The Kier molecular flexibility index (Phi) is 7.03. The van der Waals surface area contributed by atoms with Gasteiger partial charge in [-0.25, -0.2) is 4.79 Å². The third kappa shape index (κ3) is 4.91.